The smallest absolute Gasteiger partial charge is 0.328 e. The Balaban J connectivity index is 2.67. The maximum Gasteiger partial charge on any atom is 0.328 e. The quantitative estimate of drug-likeness (QED) is 0.684. The number of carboxylic acid groups (broad SMARTS) is 1. The molecule has 5 heteroatoms. The minimum atomic E-state index is -1.14. The van der Waals surface area contributed by atoms with Crippen molar-refractivity contribution in [2.24, 2.45) is 0 Å². The van der Waals surface area contributed by atoms with Crippen LogP contribution in [0.4, 0.5) is 0 Å². The summed E-state index contributed by atoms with van der Waals surface area (Å²) >= 11 is 0. The van der Waals surface area contributed by atoms with Crippen molar-refractivity contribution in [2.75, 3.05) is 6.54 Å². The number of carboxylic acids is 1. The van der Waals surface area contributed by atoms with Crippen molar-refractivity contribution >= 4 is 11.9 Å². The molecule has 1 saturated heterocycles. The predicted octanol–water partition coefficient (Wildman–Crippen LogP) is 0.389. The van der Waals surface area contributed by atoms with Crippen LogP contribution in [-0.2, 0) is 9.59 Å². The molecule has 1 heterocycles. The normalized spacial score (nSPS) is 23.4. The van der Waals surface area contributed by atoms with Crippen LogP contribution in [0.5, 0.6) is 0 Å². The standard InChI is InChI=1S/C11H17NO4/c1-8(13)9-4-2-3-7-12(9)10(14)5-6-11(15)16/h5-6,8-9,13H,2-4,7H2,1H3,(H,15,16)/b6-5+/t8-,9+/m0/s1. The summed E-state index contributed by atoms with van der Waals surface area (Å²) in [4.78, 5) is 23.5. The highest BCUT2D eigenvalue weighted by Crippen LogP contribution is 2.20. The summed E-state index contributed by atoms with van der Waals surface area (Å²) in [5, 5.41) is 18.0. The van der Waals surface area contributed by atoms with Crippen LogP contribution in [0, 0.1) is 0 Å². The Morgan fingerprint density at radius 3 is 2.62 bits per heavy atom. The van der Waals surface area contributed by atoms with E-state index >= 15 is 0 Å². The molecule has 1 aliphatic heterocycles. The molecule has 5 nitrogen and oxygen atoms in total. The van der Waals surface area contributed by atoms with Crippen LogP contribution in [0.1, 0.15) is 26.2 Å². The number of carbonyl (C=O) groups excluding carboxylic acids is 1. The molecular formula is C11H17NO4. The van der Waals surface area contributed by atoms with Gasteiger partial charge < -0.3 is 15.1 Å². The van der Waals surface area contributed by atoms with Gasteiger partial charge in [0.1, 0.15) is 0 Å². The van der Waals surface area contributed by atoms with Crippen molar-refractivity contribution in [3.05, 3.63) is 12.2 Å². The predicted molar refractivity (Wildman–Crippen MR) is 57.8 cm³/mol. The van der Waals surface area contributed by atoms with Crippen molar-refractivity contribution in [2.45, 2.75) is 38.3 Å². The summed E-state index contributed by atoms with van der Waals surface area (Å²) < 4.78 is 0. The van der Waals surface area contributed by atoms with E-state index in [-0.39, 0.29) is 11.9 Å². The molecule has 0 spiro atoms. The topological polar surface area (TPSA) is 77.8 Å². The summed E-state index contributed by atoms with van der Waals surface area (Å²) in [6.07, 6.45) is 3.95. The molecule has 0 aromatic rings. The largest absolute Gasteiger partial charge is 0.478 e. The van der Waals surface area contributed by atoms with Crippen molar-refractivity contribution < 1.29 is 19.8 Å². The Morgan fingerprint density at radius 2 is 2.06 bits per heavy atom. The molecule has 0 bridgehead atoms. The lowest BCUT2D eigenvalue weighted by atomic mass is 9.98. The van der Waals surface area contributed by atoms with E-state index in [0.29, 0.717) is 6.54 Å². The van der Waals surface area contributed by atoms with E-state index in [1.54, 1.807) is 11.8 Å². The van der Waals surface area contributed by atoms with Crippen molar-refractivity contribution in [3.8, 4) is 0 Å². The Bertz CT molecular complexity index is 298. The fourth-order valence-corrected chi connectivity index (χ4v) is 1.97. The molecule has 0 saturated carbocycles. The maximum atomic E-state index is 11.7. The van der Waals surface area contributed by atoms with Crippen molar-refractivity contribution in [1.82, 2.24) is 4.90 Å². The third-order valence-electron chi connectivity index (χ3n) is 2.76. The molecule has 90 valence electrons. The van der Waals surface area contributed by atoms with Gasteiger partial charge in [-0.05, 0) is 26.2 Å². The van der Waals surface area contributed by atoms with Gasteiger partial charge in [0.05, 0.1) is 12.1 Å². The lowest BCUT2D eigenvalue weighted by molar-refractivity contribution is -0.134. The third-order valence-corrected chi connectivity index (χ3v) is 2.76. The first-order chi connectivity index (χ1) is 7.52. The molecule has 1 rings (SSSR count). The molecule has 1 fully saturated rings. The number of likely N-dealkylation sites (tertiary alicyclic amines) is 1. The monoisotopic (exact) mass is 227 g/mol. The molecule has 0 aliphatic carbocycles. The number of hydrogen-bond donors (Lipinski definition) is 2. The maximum absolute atomic E-state index is 11.7. The molecular weight excluding hydrogens is 210 g/mol. The number of carbonyl (C=O) groups is 2. The molecule has 1 amide bonds. The molecule has 1 aliphatic rings. The average molecular weight is 227 g/mol. The minimum absolute atomic E-state index is 0.195. The van der Waals surface area contributed by atoms with Gasteiger partial charge in [-0.1, -0.05) is 0 Å². The third kappa shape index (κ3) is 3.34. The van der Waals surface area contributed by atoms with Gasteiger partial charge in [0.15, 0.2) is 0 Å². The van der Waals surface area contributed by atoms with Crippen molar-refractivity contribution in [1.29, 1.82) is 0 Å². The van der Waals surface area contributed by atoms with E-state index in [4.69, 9.17) is 5.11 Å². The molecule has 2 N–H and O–H groups in total. The molecule has 2 atom stereocenters. The van der Waals surface area contributed by atoms with Crippen LogP contribution in [0.15, 0.2) is 12.2 Å². The zero-order valence-electron chi connectivity index (χ0n) is 9.30. The lowest BCUT2D eigenvalue weighted by Crippen LogP contribution is -2.48. The van der Waals surface area contributed by atoms with Crippen LogP contribution in [0.3, 0.4) is 0 Å². The fourth-order valence-electron chi connectivity index (χ4n) is 1.97. The summed E-state index contributed by atoms with van der Waals surface area (Å²) in [6.45, 7) is 2.23. The van der Waals surface area contributed by atoms with E-state index in [1.807, 2.05) is 0 Å². The second kappa shape index (κ2) is 5.65. The van der Waals surface area contributed by atoms with E-state index in [2.05, 4.69) is 0 Å². The molecule has 0 aromatic heterocycles. The number of aliphatic hydroxyl groups excluding tert-OH is 1. The number of aliphatic hydroxyl groups is 1. The number of amides is 1. The average Bonchev–Trinajstić information content (AvgIpc) is 2.25. The molecule has 0 aromatic carbocycles. The first-order valence-electron chi connectivity index (χ1n) is 5.42. The number of hydrogen-bond acceptors (Lipinski definition) is 3. The van der Waals surface area contributed by atoms with E-state index in [0.717, 1.165) is 31.4 Å². The summed E-state index contributed by atoms with van der Waals surface area (Å²) in [5.74, 6) is -1.48. The van der Waals surface area contributed by atoms with Gasteiger partial charge in [0, 0.05) is 18.7 Å². The fraction of sp³-hybridized carbons (Fsp3) is 0.636. The van der Waals surface area contributed by atoms with Gasteiger partial charge in [-0.3, -0.25) is 4.79 Å². The molecule has 0 unspecified atom stereocenters. The minimum Gasteiger partial charge on any atom is -0.478 e. The SMILES string of the molecule is C[C@H](O)[C@H]1CCCCN1C(=O)/C=C/C(=O)O. The molecule has 0 radical (unpaired) electrons. The van der Waals surface area contributed by atoms with Gasteiger partial charge in [0.2, 0.25) is 5.91 Å². The zero-order chi connectivity index (χ0) is 12.1. The zero-order valence-corrected chi connectivity index (χ0v) is 9.30. The highest BCUT2D eigenvalue weighted by molar-refractivity contribution is 5.94. The van der Waals surface area contributed by atoms with Crippen LogP contribution in [0.2, 0.25) is 0 Å². The van der Waals surface area contributed by atoms with Crippen LogP contribution in [0.25, 0.3) is 0 Å². The first kappa shape index (κ1) is 12.7. The second-order valence-corrected chi connectivity index (χ2v) is 4.01. The summed E-state index contributed by atoms with van der Waals surface area (Å²) in [7, 11) is 0. The van der Waals surface area contributed by atoms with Gasteiger partial charge in [0.25, 0.3) is 0 Å². The first-order valence-corrected chi connectivity index (χ1v) is 5.42. The van der Waals surface area contributed by atoms with Crippen LogP contribution < -0.4 is 0 Å². The lowest BCUT2D eigenvalue weighted by Gasteiger charge is -2.36. The van der Waals surface area contributed by atoms with Gasteiger partial charge >= 0.3 is 5.97 Å². The van der Waals surface area contributed by atoms with Crippen LogP contribution >= 0.6 is 0 Å². The Kier molecular flexibility index (Phi) is 4.49. The Morgan fingerprint density at radius 1 is 1.38 bits per heavy atom. The highest BCUT2D eigenvalue weighted by atomic mass is 16.4. The summed E-state index contributed by atoms with van der Waals surface area (Å²) in [6, 6.07) is -0.195. The number of nitrogens with zero attached hydrogens (tertiary/aromatic N) is 1. The number of piperidine rings is 1. The van der Waals surface area contributed by atoms with E-state index < -0.39 is 12.1 Å². The van der Waals surface area contributed by atoms with Gasteiger partial charge in [-0.25, -0.2) is 4.79 Å². The van der Waals surface area contributed by atoms with E-state index in [9.17, 15) is 14.7 Å². The van der Waals surface area contributed by atoms with Gasteiger partial charge in [-0.2, -0.15) is 0 Å². The van der Waals surface area contributed by atoms with Gasteiger partial charge in [-0.15, -0.1) is 0 Å². The number of aliphatic carboxylic acids is 1. The Hall–Kier alpha value is -1.36. The Labute approximate surface area is 94.4 Å². The second-order valence-electron chi connectivity index (χ2n) is 4.01. The van der Waals surface area contributed by atoms with Crippen molar-refractivity contribution in [3.63, 3.8) is 0 Å². The molecule has 16 heavy (non-hydrogen) atoms. The van der Waals surface area contributed by atoms with E-state index in [1.165, 1.54) is 0 Å². The van der Waals surface area contributed by atoms with Crippen LogP contribution in [-0.4, -0.2) is 45.7 Å². The highest BCUT2D eigenvalue weighted by Gasteiger charge is 2.28. The number of rotatable bonds is 3. The summed E-state index contributed by atoms with van der Waals surface area (Å²) in [5.41, 5.74) is 0.